The van der Waals surface area contributed by atoms with Crippen LogP contribution in [0.4, 0.5) is 0 Å². The molecule has 0 N–H and O–H groups in total. The zero-order chi connectivity index (χ0) is 10.1. The number of fused-ring (bicyclic) bond motifs is 2. The predicted molar refractivity (Wildman–Crippen MR) is 52.2 cm³/mol. The van der Waals surface area contributed by atoms with Gasteiger partial charge in [-0.25, -0.2) is 0 Å². The standard InChI is InChI=1S/C11H16N2O/c1-13(11(14)4-5-12)10-7-8-2-3-9(10)6-8/h8-10H,2-4,6-7H2,1H3. The maximum atomic E-state index is 11.5. The summed E-state index contributed by atoms with van der Waals surface area (Å²) >= 11 is 0. The van der Waals surface area contributed by atoms with Crippen LogP contribution in [0.3, 0.4) is 0 Å². The maximum absolute atomic E-state index is 11.5. The molecule has 3 unspecified atom stereocenters. The molecule has 0 heterocycles. The Morgan fingerprint density at radius 1 is 1.50 bits per heavy atom. The Morgan fingerprint density at radius 3 is 2.79 bits per heavy atom. The molecule has 0 aromatic carbocycles. The lowest BCUT2D eigenvalue weighted by Gasteiger charge is -2.31. The van der Waals surface area contributed by atoms with E-state index in [1.165, 1.54) is 25.7 Å². The third-order valence-corrected chi connectivity index (χ3v) is 3.82. The van der Waals surface area contributed by atoms with Crippen LogP contribution in [0.15, 0.2) is 0 Å². The van der Waals surface area contributed by atoms with Crippen LogP contribution in [0.5, 0.6) is 0 Å². The fraction of sp³-hybridized carbons (Fsp3) is 0.818. The first-order chi connectivity index (χ1) is 6.72. The van der Waals surface area contributed by atoms with E-state index >= 15 is 0 Å². The molecule has 1 amide bonds. The van der Waals surface area contributed by atoms with Crippen LogP contribution >= 0.6 is 0 Å². The molecule has 2 aliphatic carbocycles. The van der Waals surface area contributed by atoms with E-state index in [1.807, 2.05) is 18.0 Å². The van der Waals surface area contributed by atoms with Crippen LogP contribution < -0.4 is 0 Å². The Kier molecular flexibility index (Phi) is 2.45. The van der Waals surface area contributed by atoms with Crippen LogP contribution in [0, 0.1) is 23.2 Å². The SMILES string of the molecule is CN(C(=O)CC#N)C1CC2CCC1C2. The molecule has 0 aliphatic heterocycles. The zero-order valence-corrected chi connectivity index (χ0v) is 8.57. The molecule has 0 saturated heterocycles. The quantitative estimate of drug-likeness (QED) is 0.666. The average molecular weight is 192 g/mol. The smallest absolute Gasteiger partial charge is 0.236 e. The lowest BCUT2D eigenvalue weighted by molar-refractivity contribution is -0.131. The van der Waals surface area contributed by atoms with Gasteiger partial charge in [0.1, 0.15) is 6.42 Å². The van der Waals surface area contributed by atoms with E-state index in [0.717, 1.165) is 5.92 Å². The van der Waals surface area contributed by atoms with E-state index in [2.05, 4.69) is 0 Å². The number of hydrogen-bond acceptors (Lipinski definition) is 2. The van der Waals surface area contributed by atoms with Crippen molar-refractivity contribution in [3.05, 3.63) is 0 Å². The normalized spacial score (nSPS) is 34.1. The van der Waals surface area contributed by atoms with Crippen molar-refractivity contribution >= 4 is 5.91 Å². The Bertz CT molecular complexity index is 282. The van der Waals surface area contributed by atoms with Crippen molar-refractivity contribution < 1.29 is 4.79 Å². The first kappa shape index (κ1) is 9.51. The van der Waals surface area contributed by atoms with Crippen molar-refractivity contribution in [3.8, 4) is 6.07 Å². The largest absolute Gasteiger partial charge is 0.342 e. The van der Waals surface area contributed by atoms with Crippen molar-refractivity contribution in [2.45, 2.75) is 38.1 Å². The lowest BCUT2D eigenvalue weighted by atomic mass is 9.94. The van der Waals surface area contributed by atoms with Gasteiger partial charge in [0.25, 0.3) is 0 Å². The molecule has 2 saturated carbocycles. The molecular formula is C11H16N2O. The van der Waals surface area contributed by atoms with E-state index in [-0.39, 0.29) is 12.3 Å². The maximum Gasteiger partial charge on any atom is 0.236 e. The van der Waals surface area contributed by atoms with Crippen molar-refractivity contribution in [2.75, 3.05) is 7.05 Å². The van der Waals surface area contributed by atoms with Crippen LogP contribution in [0.25, 0.3) is 0 Å². The molecule has 2 aliphatic rings. The number of carbonyl (C=O) groups excluding carboxylic acids is 1. The van der Waals surface area contributed by atoms with Gasteiger partial charge in [-0.15, -0.1) is 0 Å². The third kappa shape index (κ3) is 1.50. The Hall–Kier alpha value is -1.04. The number of nitrogens with zero attached hydrogens (tertiary/aromatic N) is 2. The minimum absolute atomic E-state index is 0.00921. The minimum Gasteiger partial charge on any atom is -0.342 e. The van der Waals surface area contributed by atoms with E-state index in [9.17, 15) is 4.79 Å². The van der Waals surface area contributed by atoms with Crippen LogP contribution in [-0.2, 0) is 4.79 Å². The lowest BCUT2D eigenvalue weighted by Crippen LogP contribution is -2.40. The highest BCUT2D eigenvalue weighted by Gasteiger charge is 2.42. The summed E-state index contributed by atoms with van der Waals surface area (Å²) in [7, 11) is 1.85. The first-order valence-electron chi connectivity index (χ1n) is 5.35. The predicted octanol–water partition coefficient (Wildman–Crippen LogP) is 1.55. The molecule has 2 rings (SSSR count). The second-order valence-electron chi connectivity index (χ2n) is 4.58. The highest BCUT2D eigenvalue weighted by atomic mass is 16.2. The molecule has 0 aromatic heterocycles. The fourth-order valence-electron chi connectivity index (χ4n) is 3.06. The number of amides is 1. The van der Waals surface area contributed by atoms with Gasteiger partial charge < -0.3 is 4.90 Å². The molecule has 3 heteroatoms. The van der Waals surface area contributed by atoms with Crippen molar-refractivity contribution in [1.29, 1.82) is 5.26 Å². The van der Waals surface area contributed by atoms with Gasteiger partial charge in [-0.2, -0.15) is 5.26 Å². The summed E-state index contributed by atoms with van der Waals surface area (Å²) in [5.74, 6) is 1.56. The zero-order valence-electron chi connectivity index (χ0n) is 8.57. The second kappa shape index (κ2) is 3.61. The Labute approximate surface area is 84.7 Å². The molecule has 2 bridgehead atoms. The van der Waals surface area contributed by atoms with Gasteiger partial charge in [0, 0.05) is 13.1 Å². The van der Waals surface area contributed by atoms with Crippen molar-refractivity contribution in [2.24, 2.45) is 11.8 Å². The summed E-state index contributed by atoms with van der Waals surface area (Å²) in [6.07, 6.45) is 5.12. The summed E-state index contributed by atoms with van der Waals surface area (Å²) in [4.78, 5) is 13.3. The Balaban J connectivity index is 1.96. The molecular weight excluding hydrogens is 176 g/mol. The molecule has 0 spiro atoms. The average Bonchev–Trinajstić information content (AvgIpc) is 2.77. The second-order valence-corrected chi connectivity index (χ2v) is 4.58. The number of nitriles is 1. The fourth-order valence-corrected chi connectivity index (χ4v) is 3.06. The molecule has 3 atom stereocenters. The van der Waals surface area contributed by atoms with Crippen molar-refractivity contribution in [1.82, 2.24) is 4.90 Å². The van der Waals surface area contributed by atoms with Crippen LogP contribution in [-0.4, -0.2) is 23.9 Å². The van der Waals surface area contributed by atoms with Gasteiger partial charge >= 0.3 is 0 Å². The van der Waals surface area contributed by atoms with E-state index in [1.54, 1.807) is 0 Å². The highest BCUT2D eigenvalue weighted by Crippen LogP contribution is 2.46. The third-order valence-electron chi connectivity index (χ3n) is 3.82. The van der Waals surface area contributed by atoms with Gasteiger partial charge in [0.2, 0.25) is 5.91 Å². The van der Waals surface area contributed by atoms with Crippen molar-refractivity contribution in [3.63, 3.8) is 0 Å². The van der Waals surface area contributed by atoms with E-state index in [4.69, 9.17) is 5.26 Å². The van der Waals surface area contributed by atoms with Crippen LogP contribution in [0.2, 0.25) is 0 Å². The molecule has 0 radical (unpaired) electrons. The van der Waals surface area contributed by atoms with E-state index in [0.29, 0.717) is 12.0 Å². The van der Waals surface area contributed by atoms with Gasteiger partial charge in [-0.3, -0.25) is 4.79 Å². The molecule has 14 heavy (non-hydrogen) atoms. The topological polar surface area (TPSA) is 44.1 Å². The Morgan fingerprint density at radius 2 is 2.29 bits per heavy atom. The van der Waals surface area contributed by atoms with Gasteiger partial charge in [0.05, 0.1) is 6.07 Å². The molecule has 0 aromatic rings. The van der Waals surface area contributed by atoms with Gasteiger partial charge in [0.15, 0.2) is 0 Å². The monoisotopic (exact) mass is 192 g/mol. The van der Waals surface area contributed by atoms with E-state index < -0.39 is 0 Å². The first-order valence-corrected chi connectivity index (χ1v) is 5.35. The molecule has 3 nitrogen and oxygen atoms in total. The molecule has 76 valence electrons. The van der Waals surface area contributed by atoms with Gasteiger partial charge in [-0.05, 0) is 31.1 Å². The summed E-state index contributed by atoms with van der Waals surface area (Å²) in [6, 6.07) is 2.35. The number of rotatable bonds is 2. The summed E-state index contributed by atoms with van der Waals surface area (Å²) in [5.41, 5.74) is 0. The highest BCUT2D eigenvalue weighted by molar-refractivity contribution is 5.78. The summed E-state index contributed by atoms with van der Waals surface area (Å²) in [5, 5.41) is 8.46. The molecule has 2 fully saturated rings. The number of carbonyl (C=O) groups is 1. The van der Waals surface area contributed by atoms with Crippen LogP contribution in [0.1, 0.15) is 32.1 Å². The minimum atomic E-state index is -0.00921. The summed E-state index contributed by atoms with van der Waals surface area (Å²) in [6.45, 7) is 0. The summed E-state index contributed by atoms with van der Waals surface area (Å²) < 4.78 is 0. The number of hydrogen-bond donors (Lipinski definition) is 0. The van der Waals surface area contributed by atoms with Gasteiger partial charge in [-0.1, -0.05) is 6.42 Å².